The molecule has 0 saturated carbocycles. The van der Waals surface area contributed by atoms with Crippen LogP contribution in [-0.2, 0) is 14.3 Å². The highest BCUT2D eigenvalue weighted by Gasteiger charge is 2.19. The van der Waals surface area contributed by atoms with Crippen LogP contribution in [0.2, 0.25) is 5.02 Å². The summed E-state index contributed by atoms with van der Waals surface area (Å²) in [5, 5.41) is 4.75. The third-order valence-electron chi connectivity index (χ3n) is 3.89. The lowest BCUT2D eigenvalue weighted by Crippen LogP contribution is -2.42. The minimum absolute atomic E-state index is 0.190. The number of anilines is 1. The van der Waals surface area contributed by atoms with Crippen LogP contribution in [0.1, 0.15) is 20.0 Å². The summed E-state index contributed by atoms with van der Waals surface area (Å²) in [6.07, 6.45) is 0. The average Bonchev–Trinajstić information content (AvgIpc) is 3.23. The number of morpholine rings is 1. The number of halogens is 1. The minimum atomic E-state index is -0.667. The summed E-state index contributed by atoms with van der Waals surface area (Å²) >= 11 is 7.39. The van der Waals surface area contributed by atoms with Gasteiger partial charge in [0.05, 0.1) is 34.4 Å². The van der Waals surface area contributed by atoms with E-state index in [0.29, 0.717) is 41.9 Å². The number of benzene rings is 1. The van der Waals surface area contributed by atoms with Gasteiger partial charge in [-0.15, -0.1) is 11.3 Å². The van der Waals surface area contributed by atoms with Crippen LogP contribution in [0.3, 0.4) is 0 Å². The first kappa shape index (κ1) is 19.3. The molecule has 0 spiro atoms. The molecule has 2 amide bonds. The van der Waals surface area contributed by atoms with Crippen molar-refractivity contribution in [2.45, 2.75) is 0 Å². The van der Waals surface area contributed by atoms with Gasteiger partial charge in [0.25, 0.3) is 11.8 Å². The van der Waals surface area contributed by atoms with Crippen LogP contribution in [0.15, 0.2) is 35.7 Å². The van der Waals surface area contributed by atoms with E-state index in [0.717, 1.165) is 0 Å². The van der Waals surface area contributed by atoms with Crippen molar-refractivity contribution in [2.24, 2.45) is 0 Å². The van der Waals surface area contributed by atoms with E-state index in [2.05, 4.69) is 5.32 Å². The maximum Gasteiger partial charge on any atom is 0.338 e. The van der Waals surface area contributed by atoms with E-state index < -0.39 is 5.97 Å². The number of hydrogen-bond donors (Lipinski definition) is 1. The van der Waals surface area contributed by atoms with Crippen molar-refractivity contribution in [2.75, 3.05) is 38.2 Å². The molecule has 1 aromatic carbocycles. The zero-order chi connectivity index (χ0) is 19.2. The molecule has 9 heteroatoms. The van der Waals surface area contributed by atoms with Crippen molar-refractivity contribution in [3.05, 3.63) is 51.2 Å². The highest BCUT2D eigenvalue weighted by molar-refractivity contribution is 7.12. The predicted molar refractivity (Wildman–Crippen MR) is 101 cm³/mol. The van der Waals surface area contributed by atoms with Gasteiger partial charge < -0.3 is 19.7 Å². The highest BCUT2D eigenvalue weighted by Crippen LogP contribution is 2.24. The Hall–Kier alpha value is -2.42. The fourth-order valence-electron chi connectivity index (χ4n) is 2.45. The molecule has 1 aromatic heterocycles. The van der Waals surface area contributed by atoms with Crippen molar-refractivity contribution >= 4 is 46.4 Å². The molecule has 142 valence electrons. The Balaban J connectivity index is 1.61. The van der Waals surface area contributed by atoms with Crippen LogP contribution >= 0.6 is 22.9 Å². The van der Waals surface area contributed by atoms with Gasteiger partial charge in [-0.1, -0.05) is 17.7 Å². The smallest absolute Gasteiger partial charge is 0.338 e. The van der Waals surface area contributed by atoms with E-state index in [1.807, 2.05) is 0 Å². The van der Waals surface area contributed by atoms with E-state index in [-0.39, 0.29) is 24.0 Å². The summed E-state index contributed by atoms with van der Waals surface area (Å²) in [6.45, 7) is 1.57. The molecular weight excluding hydrogens is 392 g/mol. The normalized spacial score (nSPS) is 13.9. The highest BCUT2D eigenvalue weighted by atomic mass is 35.5. The number of ether oxygens (including phenoxy) is 2. The number of amides is 2. The van der Waals surface area contributed by atoms with Gasteiger partial charge in [0.2, 0.25) is 0 Å². The Kier molecular flexibility index (Phi) is 6.44. The van der Waals surface area contributed by atoms with E-state index in [1.165, 1.54) is 29.5 Å². The average molecular weight is 409 g/mol. The summed E-state index contributed by atoms with van der Waals surface area (Å²) in [6, 6.07) is 7.84. The summed E-state index contributed by atoms with van der Waals surface area (Å²) in [7, 11) is 0. The van der Waals surface area contributed by atoms with Gasteiger partial charge in [-0.05, 0) is 29.6 Å². The molecule has 2 heterocycles. The molecular formula is C18H17ClN2O5S. The zero-order valence-corrected chi connectivity index (χ0v) is 15.8. The zero-order valence-electron chi connectivity index (χ0n) is 14.3. The largest absolute Gasteiger partial charge is 0.452 e. The number of rotatable bonds is 5. The fraction of sp³-hybridized carbons (Fsp3) is 0.278. The summed E-state index contributed by atoms with van der Waals surface area (Å²) in [5.41, 5.74) is 0.486. The monoisotopic (exact) mass is 408 g/mol. The molecule has 1 aliphatic rings. The van der Waals surface area contributed by atoms with E-state index >= 15 is 0 Å². The molecule has 1 N–H and O–H groups in total. The van der Waals surface area contributed by atoms with Crippen LogP contribution < -0.4 is 5.32 Å². The minimum Gasteiger partial charge on any atom is -0.452 e. The lowest BCUT2D eigenvalue weighted by Gasteiger charge is -2.26. The quantitative estimate of drug-likeness (QED) is 0.769. The van der Waals surface area contributed by atoms with Gasteiger partial charge in [-0.25, -0.2) is 4.79 Å². The lowest BCUT2D eigenvalue weighted by molar-refractivity contribution is -0.138. The third-order valence-corrected chi connectivity index (χ3v) is 5.08. The molecule has 0 aliphatic carbocycles. The van der Waals surface area contributed by atoms with Crippen molar-refractivity contribution in [1.82, 2.24) is 4.90 Å². The Morgan fingerprint density at radius 3 is 2.70 bits per heavy atom. The number of nitrogens with zero attached hydrogens (tertiary/aromatic N) is 1. The van der Waals surface area contributed by atoms with Gasteiger partial charge in [0.1, 0.15) is 0 Å². The molecule has 1 fully saturated rings. The lowest BCUT2D eigenvalue weighted by atomic mass is 10.2. The Labute approximate surface area is 164 Å². The van der Waals surface area contributed by atoms with Gasteiger partial charge in [0.15, 0.2) is 6.61 Å². The molecule has 2 aromatic rings. The first-order valence-corrected chi connectivity index (χ1v) is 9.47. The summed E-state index contributed by atoms with van der Waals surface area (Å²) in [4.78, 5) is 38.6. The van der Waals surface area contributed by atoms with Crippen LogP contribution in [0.25, 0.3) is 0 Å². The van der Waals surface area contributed by atoms with Crippen molar-refractivity contribution < 1.29 is 23.9 Å². The first-order chi connectivity index (χ1) is 13.0. The van der Waals surface area contributed by atoms with Crippen LogP contribution in [0, 0.1) is 0 Å². The molecule has 7 nitrogen and oxygen atoms in total. The third kappa shape index (κ3) is 5.06. The van der Waals surface area contributed by atoms with Crippen molar-refractivity contribution in [3.63, 3.8) is 0 Å². The molecule has 27 heavy (non-hydrogen) atoms. The number of thiophene rings is 1. The topological polar surface area (TPSA) is 84.9 Å². The second-order valence-electron chi connectivity index (χ2n) is 5.70. The molecule has 3 rings (SSSR count). The number of carbonyl (C=O) groups is 3. The van der Waals surface area contributed by atoms with Crippen molar-refractivity contribution in [3.8, 4) is 0 Å². The predicted octanol–water partition coefficient (Wildman–Crippen LogP) is 2.67. The van der Waals surface area contributed by atoms with Gasteiger partial charge in [-0.2, -0.15) is 0 Å². The fourth-order valence-corrected chi connectivity index (χ4v) is 3.24. The number of hydrogen-bond acceptors (Lipinski definition) is 6. The number of nitrogens with one attached hydrogen (secondary N) is 1. The van der Waals surface area contributed by atoms with Gasteiger partial charge in [0, 0.05) is 13.1 Å². The van der Waals surface area contributed by atoms with E-state index in [4.69, 9.17) is 21.1 Å². The molecule has 0 radical (unpaired) electrons. The van der Waals surface area contributed by atoms with Crippen LogP contribution in [0.5, 0.6) is 0 Å². The second-order valence-corrected chi connectivity index (χ2v) is 7.05. The Bertz CT molecular complexity index is 834. The number of esters is 1. The van der Waals surface area contributed by atoms with E-state index in [9.17, 15) is 14.4 Å². The summed E-state index contributed by atoms with van der Waals surface area (Å²) in [5.74, 6) is -1.26. The van der Waals surface area contributed by atoms with Gasteiger partial charge >= 0.3 is 5.97 Å². The molecule has 0 unspecified atom stereocenters. The van der Waals surface area contributed by atoms with E-state index in [1.54, 1.807) is 22.4 Å². The second kappa shape index (κ2) is 8.98. The molecule has 0 atom stereocenters. The number of carbonyl (C=O) groups excluding carboxylic acids is 3. The molecule has 1 saturated heterocycles. The maximum absolute atomic E-state index is 12.2. The maximum atomic E-state index is 12.2. The molecule has 1 aliphatic heterocycles. The molecule has 0 bridgehead atoms. The Morgan fingerprint density at radius 2 is 2.00 bits per heavy atom. The van der Waals surface area contributed by atoms with Crippen LogP contribution in [0.4, 0.5) is 5.69 Å². The Morgan fingerprint density at radius 1 is 1.22 bits per heavy atom. The standard InChI is InChI=1S/C18H17ClN2O5S/c19-13-4-3-12(10-14(13)20-17(23)15-2-1-9-27-15)18(24)26-11-16(22)21-5-7-25-8-6-21/h1-4,9-10H,5-8,11H2,(H,20,23). The SMILES string of the molecule is O=C(OCC(=O)N1CCOCC1)c1ccc(Cl)c(NC(=O)c2cccs2)c1. The van der Waals surface area contributed by atoms with Crippen LogP contribution in [-0.4, -0.2) is 55.6 Å². The first-order valence-electron chi connectivity index (χ1n) is 8.21. The summed E-state index contributed by atoms with van der Waals surface area (Å²) < 4.78 is 10.3. The van der Waals surface area contributed by atoms with Crippen molar-refractivity contribution in [1.29, 1.82) is 0 Å². The van der Waals surface area contributed by atoms with Gasteiger partial charge in [-0.3, -0.25) is 9.59 Å².